The molecule has 0 aromatic heterocycles. The Bertz CT molecular complexity index is 666. The monoisotopic (exact) mass is 349 g/mol. The molecule has 0 saturated carbocycles. The molecule has 0 atom stereocenters. The van der Waals surface area contributed by atoms with E-state index in [1.807, 2.05) is 19.1 Å². The highest BCUT2D eigenvalue weighted by atomic mass is 35.5. The second kappa shape index (κ2) is 10.3. The number of carboxylic acids is 1. The Hall–Kier alpha value is -2.52. The van der Waals surface area contributed by atoms with Crippen LogP contribution in [0, 0.1) is 18.3 Å². The molecule has 0 bridgehead atoms. The number of carbonyl (C=O) groups is 2. The number of halogens is 1. The third kappa shape index (κ3) is 7.16. The van der Waals surface area contributed by atoms with Gasteiger partial charge in [0, 0.05) is 29.9 Å². The normalized spacial score (nSPS) is 10.8. The molecule has 1 amide bonds. The lowest BCUT2D eigenvalue weighted by Crippen LogP contribution is -2.26. The second-order valence-corrected chi connectivity index (χ2v) is 5.67. The minimum absolute atomic E-state index is 0.0417. The van der Waals surface area contributed by atoms with Gasteiger partial charge >= 0.3 is 5.97 Å². The molecular formula is C17H20ClN3O3. The zero-order chi connectivity index (χ0) is 17.9. The molecule has 0 aliphatic rings. The highest BCUT2D eigenvalue weighted by Crippen LogP contribution is 2.20. The van der Waals surface area contributed by atoms with Gasteiger partial charge in [0.2, 0.25) is 0 Å². The highest BCUT2D eigenvalue weighted by molar-refractivity contribution is 6.30. The van der Waals surface area contributed by atoms with Crippen molar-refractivity contribution in [2.45, 2.75) is 32.6 Å². The van der Waals surface area contributed by atoms with E-state index in [1.54, 1.807) is 12.1 Å². The molecule has 0 radical (unpaired) electrons. The summed E-state index contributed by atoms with van der Waals surface area (Å²) in [5, 5.41) is 23.7. The fraction of sp³-hybridized carbons (Fsp3) is 0.353. The molecule has 0 saturated heterocycles. The first-order valence-electron chi connectivity index (χ1n) is 7.57. The average Bonchev–Trinajstić information content (AvgIpc) is 2.54. The number of amides is 1. The van der Waals surface area contributed by atoms with Gasteiger partial charge < -0.3 is 15.7 Å². The lowest BCUT2D eigenvalue weighted by atomic mass is 10.2. The molecule has 1 aromatic carbocycles. The van der Waals surface area contributed by atoms with E-state index in [0.717, 1.165) is 11.3 Å². The van der Waals surface area contributed by atoms with Crippen LogP contribution in [0.25, 0.3) is 0 Å². The Morgan fingerprint density at radius 3 is 2.75 bits per heavy atom. The number of nitrogens with one attached hydrogen (secondary N) is 2. The van der Waals surface area contributed by atoms with Crippen molar-refractivity contribution in [1.29, 1.82) is 5.26 Å². The van der Waals surface area contributed by atoms with E-state index in [4.69, 9.17) is 22.0 Å². The van der Waals surface area contributed by atoms with Crippen LogP contribution in [0.15, 0.2) is 30.0 Å². The number of anilines is 1. The van der Waals surface area contributed by atoms with E-state index in [9.17, 15) is 9.59 Å². The van der Waals surface area contributed by atoms with Crippen molar-refractivity contribution < 1.29 is 14.7 Å². The van der Waals surface area contributed by atoms with E-state index < -0.39 is 11.9 Å². The SMILES string of the molecule is Cc1ccc(Cl)cc1N/C=C(/C#N)C(=O)NCCCCCC(=O)O. The summed E-state index contributed by atoms with van der Waals surface area (Å²) >= 11 is 5.92. The van der Waals surface area contributed by atoms with Gasteiger partial charge in [-0.05, 0) is 37.5 Å². The number of aliphatic carboxylic acids is 1. The summed E-state index contributed by atoms with van der Waals surface area (Å²) in [5.41, 5.74) is 1.61. The Morgan fingerprint density at radius 1 is 1.33 bits per heavy atom. The second-order valence-electron chi connectivity index (χ2n) is 5.23. The number of unbranched alkanes of at least 4 members (excludes halogenated alkanes) is 2. The number of aryl methyl sites for hydroxylation is 1. The number of benzene rings is 1. The van der Waals surface area contributed by atoms with Gasteiger partial charge in [0.25, 0.3) is 5.91 Å². The summed E-state index contributed by atoms with van der Waals surface area (Å²) in [6.07, 6.45) is 3.41. The van der Waals surface area contributed by atoms with Crippen molar-refractivity contribution in [2.24, 2.45) is 0 Å². The van der Waals surface area contributed by atoms with Gasteiger partial charge in [-0.3, -0.25) is 9.59 Å². The Morgan fingerprint density at radius 2 is 2.08 bits per heavy atom. The summed E-state index contributed by atoms with van der Waals surface area (Å²) in [7, 11) is 0. The van der Waals surface area contributed by atoms with E-state index in [1.165, 1.54) is 6.20 Å². The molecule has 0 aliphatic carbocycles. The third-order valence-corrected chi connectivity index (χ3v) is 3.52. The van der Waals surface area contributed by atoms with Crippen LogP contribution in [0.5, 0.6) is 0 Å². The van der Waals surface area contributed by atoms with Crippen molar-refractivity contribution in [3.63, 3.8) is 0 Å². The van der Waals surface area contributed by atoms with Crippen LogP contribution < -0.4 is 10.6 Å². The fourth-order valence-electron chi connectivity index (χ4n) is 1.92. The molecule has 0 heterocycles. The highest BCUT2D eigenvalue weighted by Gasteiger charge is 2.08. The van der Waals surface area contributed by atoms with E-state index >= 15 is 0 Å². The van der Waals surface area contributed by atoms with Gasteiger partial charge in [0.15, 0.2) is 0 Å². The largest absolute Gasteiger partial charge is 0.481 e. The summed E-state index contributed by atoms with van der Waals surface area (Å²) in [6.45, 7) is 2.28. The smallest absolute Gasteiger partial charge is 0.303 e. The van der Waals surface area contributed by atoms with E-state index in [-0.39, 0.29) is 12.0 Å². The number of nitrogens with zero attached hydrogens (tertiary/aromatic N) is 1. The summed E-state index contributed by atoms with van der Waals surface area (Å²) in [4.78, 5) is 22.3. The maximum absolute atomic E-state index is 11.9. The first-order chi connectivity index (χ1) is 11.4. The molecule has 0 aliphatic heterocycles. The number of carbonyl (C=O) groups excluding carboxylic acids is 1. The van der Waals surface area contributed by atoms with Crippen molar-refractivity contribution in [1.82, 2.24) is 5.32 Å². The average molecular weight is 350 g/mol. The van der Waals surface area contributed by atoms with Gasteiger partial charge in [-0.1, -0.05) is 24.1 Å². The summed E-state index contributed by atoms with van der Waals surface area (Å²) in [6, 6.07) is 7.15. The van der Waals surface area contributed by atoms with Crippen molar-refractivity contribution in [3.05, 3.63) is 40.6 Å². The quantitative estimate of drug-likeness (QED) is 0.361. The Labute approximate surface area is 146 Å². The van der Waals surface area contributed by atoms with Gasteiger partial charge in [0.1, 0.15) is 11.6 Å². The van der Waals surface area contributed by atoms with Crippen molar-refractivity contribution in [3.8, 4) is 6.07 Å². The van der Waals surface area contributed by atoms with Gasteiger partial charge in [-0.15, -0.1) is 0 Å². The van der Waals surface area contributed by atoms with Gasteiger partial charge in [0.05, 0.1) is 0 Å². The molecule has 0 unspecified atom stereocenters. The number of hydrogen-bond acceptors (Lipinski definition) is 4. The maximum Gasteiger partial charge on any atom is 0.303 e. The Balaban J connectivity index is 2.47. The molecule has 24 heavy (non-hydrogen) atoms. The maximum atomic E-state index is 11.9. The molecule has 0 fully saturated rings. The standard InChI is InChI=1S/C17H20ClN3O3/c1-12-6-7-14(18)9-15(12)21-11-13(10-19)17(24)20-8-4-2-3-5-16(22)23/h6-7,9,11,21H,2-5,8H2,1H3,(H,20,24)(H,22,23)/b13-11-. The van der Waals surface area contributed by atoms with Crippen LogP contribution >= 0.6 is 11.6 Å². The zero-order valence-corrected chi connectivity index (χ0v) is 14.2. The number of rotatable bonds is 9. The zero-order valence-electron chi connectivity index (χ0n) is 13.4. The van der Waals surface area contributed by atoms with Gasteiger partial charge in [-0.2, -0.15) is 5.26 Å². The van der Waals surface area contributed by atoms with E-state index in [0.29, 0.717) is 30.8 Å². The van der Waals surface area contributed by atoms with Crippen LogP contribution in [0.2, 0.25) is 5.02 Å². The predicted molar refractivity (Wildman–Crippen MR) is 92.6 cm³/mol. The van der Waals surface area contributed by atoms with Crippen LogP contribution in [0.3, 0.4) is 0 Å². The lowest BCUT2D eigenvalue weighted by Gasteiger charge is -2.07. The molecule has 1 aromatic rings. The molecule has 7 heteroatoms. The lowest BCUT2D eigenvalue weighted by molar-refractivity contribution is -0.137. The molecule has 128 valence electrons. The van der Waals surface area contributed by atoms with Crippen molar-refractivity contribution >= 4 is 29.2 Å². The number of nitriles is 1. The number of carboxylic acid groups (broad SMARTS) is 1. The fourth-order valence-corrected chi connectivity index (χ4v) is 2.10. The van der Waals surface area contributed by atoms with Crippen molar-refractivity contribution in [2.75, 3.05) is 11.9 Å². The van der Waals surface area contributed by atoms with E-state index in [2.05, 4.69) is 10.6 Å². The minimum Gasteiger partial charge on any atom is -0.481 e. The molecule has 3 N–H and O–H groups in total. The molecule has 0 spiro atoms. The van der Waals surface area contributed by atoms with Gasteiger partial charge in [-0.25, -0.2) is 0 Å². The van der Waals surface area contributed by atoms with Crippen LogP contribution in [-0.4, -0.2) is 23.5 Å². The van der Waals surface area contributed by atoms with Crippen LogP contribution in [0.1, 0.15) is 31.2 Å². The molecule has 1 rings (SSSR count). The summed E-state index contributed by atoms with van der Waals surface area (Å²) in [5.74, 6) is -1.29. The molecular weight excluding hydrogens is 330 g/mol. The topological polar surface area (TPSA) is 102 Å². The Kier molecular flexibility index (Phi) is 8.37. The first-order valence-corrected chi connectivity index (χ1v) is 7.94. The number of hydrogen-bond donors (Lipinski definition) is 3. The van der Waals surface area contributed by atoms with Crippen LogP contribution in [0.4, 0.5) is 5.69 Å². The first kappa shape index (κ1) is 19.5. The predicted octanol–water partition coefficient (Wildman–Crippen LogP) is 3.23. The minimum atomic E-state index is -0.823. The third-order valence-electron chi connectivity index (χ3n) is 3.29. The summed E-state index contributed by atoms with van der Waals surface area (Å²) < 4.78 is 0. The molecule has 6 nitrogen and oxygen atoms in total. The van der Waals surface area contributed by atoms with Crippen LogP contribution in [-0.2, 0) is 9.59 Å².